The maximum atomic E-state index is 4.29. The molecule has 2 fully saturated rings. The third kappa shape index (κ3) is 2.83. The van der Waals surface area contributed by atoms with Crippen LogP contribution in [0.4, 0.5) is 5.69 Å². The number of nitrogens with zero attached hydrogens (tertiary/aromatic N) is 2. The smallest absolute Gasteiger partial charge is 0.0445 e. The van der Waals surface area contributed by atoms with Crippen LogP contribution in [0.2, 0.25) is 0 Å². The third-order valence-electron chi connectivity index (χ3n) is 3.89. The van der Waals surface area contributed by atoms with E-state index >= 15 is 0 Å². The average Bonchev–Trinajstić information content (AvgIpc) is 3.27. The fourth-order valence-electron chi connectivity index (χ4n) is 2.50. The molecule has 98 valence electrons. The molecule has 3 nitrogen and oxygen atoms in total. The maximum Gasteiger partial charge on any atom is 0.0445 e. The number of anilines is 1. The van der Waals surface area contributed by atoms with Crippen molar-refractivity contribution < 1.29 is 0 Å². The molecule has 0 radical (unpaired) electrons. The molecule has 3 rings (SSSR count). The summed E-state index contributed by atoms with van der Waals surface area (Å²) in [5, 5.41) is 3.42. The summed E-state index contributed by atoms with van der Waals surface area (Å²) < 4.78 is 0. The summed E-state index contributed by atoms with van der Waals surface area (Å²) in [7, 11) is 0. The predicted octanol–water partition coefficient (Wildman–Crippen LogP) is 2.57. The van der Waals surface area contributed by atoms with Crippen molar-refractivity contribution in [1.82, 2.24) is 10.3 Å². The van der Waals surface area contributed by atoms with Crippen LogP contribution in [-0.2, 0) is 6.54 Å². The molecule has 3 heteroatoms. The first-order valence-electron chi connectivity index (χ1n) is 7.28. The summed E-state index contributed by atoms with van der Waals surface area (Å²) in [6, 6.07) is 3.00. The summed E-state index contributed by atoms with van der Waals surface area (Å²) in [6.07, 6.45) is 9.56. The van der Waals surface area contributed by atoms with Gasteiger partial charge in [0, 0.05) is 42.8 Å². The second-order valence-electron chi connectivity index (χ2n) is 5.61. The fourth-order valence-corrected chi connectivity index (χ4v) is 2.50. The van der Waals surface area contributed by atoms with Gasteiger partial charge in [0.15, 0.2) is 0 Å². The summed E-state index contributed by atoms with van der Waals surface area (Å²) in [4.78, 5) is 6.93. The predicted molar refractivity (Wildman–Crippen MR) is 74.7 cm³/mol. The summed E-state index contributed by atoms with van der Waals surface area (Å²) in [6.45, 7) is 5.36. The van der Waals surface area contributed by atoms with E-state index in [0.29, 0.717) is 0 Å². The van der Waals surface area contributed by atoms with Gasteiger partial charge in [-0.05, 0) is 44.2 Å². The minimum atomic E-state index is 0.799. The Balaban J connectivity index is 1.78. The van der Waals surface area contributed by atoms with Crippen LogP contribution in [0, 0.1) is 5.92 Å². The molecule has 2 aliphatic rings. The van der Waals surface area contributed by atoms with E-state index in [9.17, 15) is 0 Å². The quantitative estimate of drug-likeness (QED) is 0.800. The van der Waals surface area contributed by atoms with E-state index in [1.807, 2.05) is 12.4 Å². The average molecular weight is 245 g/mol. The molecule has 1 aromatic heterocycles. The van der Waals surface area contributed by atoms with Crippen LogP contribution >= 0.6 is 0 Å². The molecule has 0 atom stereocenters. The summed E-state index contributed by atoms with van der Waals surface area (Å²) >= 11 is 0. The van der Waals surface area contributed by atoms with Gasteiger partial charge < -0.3 is 10.2 Å². The van der Waals surface area contributed by atoms with Gasteiger partial charge in [-0.3, -0.25) is 4.98 Å². The number of hydrogen-bond acceptors (Lipinski definition) is 3. The zero-order valence-electron chi connectivity index (χ0n) is 11.2. The van der Waals surface area contributed by atoms with Crippen molar-refractivity contribution in [3.8, 4) is 0 Å². The highest BCUT2D eigenvalue weighted by Gasteiger charge is 2.34. The van der Waals surface area contributed by atoms with Gasteiger partial charge in [-0.25, -0.2) is 0 Å². The van der Waals surface area contributed by atoms with Crippen molar-refractivity contribution in [2.45, 2.75) is 45.2 Å². The minimum absolute atomic E-state index is 0.799. The molecule has 1 aromatic rings. The Hall–Kier alpha value is -1.09. The third-order valence-corrected chi connectivity index (χ3v) is 3.89. The molecule has 0 saturated heterocycles. The molecule has 0 unspecified atom stereocenters. The molecule has 2 saturated carbocycles. The number of nitrogens with one attached hydrogen (secondary N) is 1. The topological polar surface area (TPSA) is 28.2 Å². The van der Waals surface area contributed by atoms with Gasteiger partial charge >= 0.3 is 0 Å². The van der Waals surface area contributed by atoms with Crippen LogP contribution in [0.15, 0.2) is 18.5 Å². The molecule has 1 N–H and O–H groups in total. The fraction of sp³-hybridized carbons (Fsp3) is 0.667. The molecule has 0 aliphatic heterocycles. The first kappa shape index (κ1) is 12.0. The van der Waals surface area contributed by atoms with E-state index in [1.54, 1.807) is 0 Å². The van der Waals surface area contributed by atoms with Gasteiger partial charge in [0.05, 0.1) is 0 Å². The van der Waals surface area contributed by atoms with E-state index < -0.39 is 0 Å². The van der Waals surface area contributed by atoms with Crippen molar-refractivity contribution in [2.24, 2.45) is 5.92 Å². The van der Waals surface area contributed by atoms with E-state index in [2.05, 4.69) is 28.2 Å². The molecule has 18 heavy (non-hydrogen) atoms. The molecular formula is C15H23N3. The zero-order valence-corrected chi connectivity index (χ0v) is 11.2. The first-order valence-corrected chi connectivity index (χ1v) is 7.28. The van der Waals surface area contributed by atoms with Crippen molar-refractivity contribution >= 4 is 5.69 Å². The second-order valence-corrected chi connectivity index (χ2v) is 5.61. The SMILES string of the molecule is CCNCc1cnccc1N(CC1CC1)C1CC1. The van der Waals surface area contributed by atoms with Crippen LogP contribution in [0.25, 0.3) is 0 Å². The standard InChI is InChI=1S/C15H23N3/c1-2-16-9-13-10-17-8-7-15(13)18(14-5-6-14)11-12-3-4-12/h7-8,10,12,14,16H,2-6,9,11H2,1H3. The van der Waals surface area contributed by atoms with Gasteiger partial charge in [-0.2, -0.15) is 0 Å². The van der Waals surface area contributed by atoms with Gasteiger partial charge in [0.2, 0.25) is 0 Å². The Labute approximate surface area is 110 Å². The van der Waals surface area contributed by atoms with Gasteiger partial charge in [0.25, 0.3) is 0 Å². The van der Waals surface area contributed by atoms with Crippen molar-refractivity contribution in [1.29, 1.82) is 0 Å². The summed E-state index contributed by atoms with van der Waals surface area (Å²) in [5.41, 5.74) is 2.77. The minimum Gasteiger partial charge on any atom is -0.368 e. The zero-order chi connectivity index (χ0) is 12.4. The van der Waals surface area contributed by atoms with Crippen LogP contribution in [0.1, 0.15) is 38.2 Å². The lowest BCUT2D eigenvalue weighted by Gasteiger charge is -2.27. The molecule has 1 heterocycles. The molecule has 0 spiro atoms. The Morgan fingerprint density at radius 2 is 2.17 bits per heavy atom. The van der Waals surface area contributed by atoms with Gasteiger partial charge in [-0.1, -0.05) is 6.92 Å². The maximum absolute atomic E-state index is 4.29. The van der Waals surface area contributed by atoms with Crippen LogP contribution in [-0.4, -0.2) is 24.1 Å². The first-order chi connectivity index (χ1) is 8.88. The number of rotatable bonds is 7. The molecule has 0 bridgehead atoms. The van der Waals surface area contributed by atoms with E-state index in [4.69, 9.17) is 0 Å². The monoisotopic (exact) mass is 245 g/mol. The van der Waals surface area contributed by atoms with Gasteiger partial charge in [0.1, 0.15) is 0 Å². The van der Waals surface area contributed by atoms with Crippen LogP contribution in [0.5, 0.6) is 0 Å². The Kier molecular flexibility index (Phi) is 3.50. The Morgan fingerprint density at radius 3 is 2.83 bits per heavy atom. The highest BCUT2D eigenvalue weighted by Crippen LogP contribution is 2.38. The molecular weight excluding hydrogens is 222 g/mol. The largest absolute Gasteiger partial charge is 0.368 e. The normalized spacial score (nSPS) is 18.9. The summed E-state index contributed by atoms with van der Waals surface area (Å²) in [5.74, 6) is 0.950. The Morgan fingerprint density at radius 1 is 1.33 bits per heavy atom. The number of aromatic nitrogens is 1. The lowest BCUT2D eigenvalue weighted by atomic mass is 10.2. The second kappa shape index (κ2) is 5.27. The van der Waals surface area contributed by atoms with Crippen LogP contribution < -0.4 is 10.2 Å². The molecule has 0 amide bonds. The van der Waals surface area contributed by atoms with Crippen LogP contribution in [0.3, 0.4) is 0 Å². The van der Waals surface area contributed by atoms with Gasteiger partial charge in [-0.15, -0.1) is 0 Å². The highest BCUT2D eigenvalue weighted by atomic mass is 15.2. The lowest BCUT2D eigenvalue weighted by Crippen LogP contribution is -2.29. The number of hydrogen-bond donors (Lipinski definition) is 1. The van der Waals surface area contributed by atoms with Crippen molar-refractivity contribution in [2.75, 3.05) is 18.0 Å². The van der Waals surface area contributed by atoms with Crippen molar-refractivity contribution in [3.05, 3.63) is 24.0 Å². The highest BCUT2D eigenvalue weighted by molar-refractivity contribution is 5.54. The van der Waals surface area contributed by atoms with Crippen molar-refractivity contribution in [3.63, 3.8) is 0 Å². The van der Waals surface area contributed by atoms with E-state index in [-0.39, 0.29) is 0 Å². The molecule has 2 aliphatic carbocycles. The van der Waals surface area contributed by atoms with E-state index in [0.717, 1.165) is 25.0 Å². The Bertz CT molecular complexity index is 396. The number of pyridine rings is 1. The lowest BCUT2D eigenvalue weighted by molar-refractivity contribution is 0.692. The molecule has 0 aromatic carbocycles. The van der Waals surface area contributed by atoms with E-state index in [1.165, 1.54) is 43.5 Å².